The topological polar surface area (TPSA) is 44.5 Å². The van der Waals surface area contributed by atoms with E-state index in [0.29, 0.717) is 13.2 Å². The molecule has 3 nitrogen and oxygen atoms in total. The highest BCUT2D eigenvalue weighted by Gasteiger charge is 2.31. The fraction of sp³-hybridized carbons (Fsp3) is 1.00. The second kappa shape index (κ2) is 4.17. The van der Waals surface area contributed by atoms with E-state index in [9.17, 15) is 0 Å². The Morgan fingerprint density at radius 1 is 1.50 bits per heavy atom. The maximum Gasteiger partial charge on any atom is 0.0816 e. The monoisotopic (exact) mass is 201 g/mol. The van der Waals surface area contributed by atoms with Crippen molar-refractivity contribution in [2.45, 2.75) is 57.8 Å². The van der Waals surface area contributed by atoms with Crippen molar-refractivity contribution in [3.8, 4) is 0 Å². The summed E-state index contributed by atoms with van der Waals surface area (Å²) in [7, 11) is 0. The van der Waals surface area contributed by atoms with Gasteiger partial charge in [0.2, 0.25) is 0 Å². The lowest BCUT2D eigenvalue weighted by atomic mass is 10.1. The Morgan fingerprint density at radius 3 is 2.57 bits per heavy atom. The van der Waals surface area contributed by atoms with Crippen LogP contribution in [0.5, 0.6) is 0 Å². The summed E-state index contributed by atoms with van der Waals surface area (Å²) in [6, 6.07) is 0. The number of nitrogens with two attached hydrogens (primary N) is 1. The van der Waals surface area contributed by atoms with Crippen LogP contribution in [0.15, 0.2) is 0 Å². The van der Waals surface area contributed by atoms with Crippen LogP contribution in [-0.4, -0.2) is 30.5 Å². The first-order valence-electron chi connectivity index (χ1n) is 5.33. The Bertz CT molecular complexity index is 184. The van der Waals surface area contributed by atoms with Crippen LogP contribution in [0.3, 0.4) is 0 Å². The van der Waals surface area contributed by atoms with Gasteiger partial charge in [-0.25, -0.2) is 0 Å². The SMILES string of the molecule is CC(C)(N)COCC1CCC(C)(C)O1. The van der Waals surface area contributed by atoms with Gasteiger partial charge in [0.25, 0.3) is 0 Å². The zero-order valence-electron chi connectivity index (χ0n) is 9.80. The molecule has 0 radical (unpaired) electrons. The molecule has 0 amide bonds. The molecule has 1 heterocycles. The summed E-state index contributed by atoms with van der Waals surface area (Å²) < 4.78 is 11.3. The Morgan fingerprint density at radius 2 is 2.14 bits per heavy atom. The molecule has 0 spiro atoms. The molecule has 0 aromatic heterocycles. The molecule has 0 bridgehead atoms. The van der Waals surface area contributed by atoms with Crippen LogP contribution in [-0.2, 0) is 9.47 Å². The van der Waals surface area contributed by atoms with E-state index in [1.807, 2.05) is 13.8 Å². The van der Waals surface area contributed by atoms with Gasteiger partial charge in [0.15, 0.2) is 0 Å². The summed E-state index contributed by atoms with van der Waals surface area (Å²) in [6.45, 7) is 9.44. The lowest BCUT2D eigenvalue weighted by Crippen LogP contribution is -2.38. The third-order valence-electron chi connectivity index (χ3n) is 2.33. The third kappa shape index (κ3) is 4.40. The van der Waals surface area contributed by atoms with Crippen LogP contribution in [0, 0.1) is 0 Å². The number of ether oxygens (including phenoxy) is 2. The van der Waals surface area contributed by atoms with Gasteiger partial charge >= 0.3 is 0 Å². The van der Waals surface area contributed by atoms with Crippen molar-refractivity contribution in [3.63, 3.8) is 0 Å². The Kier molecular flexibility index (Phi) is 3.56. The Labute approximate surface area is 86.9 Å². The number of hydrogen-bond donors (Lipinski definition) is 1. The van der Waals surface area contributed by atoms with Gasteiger partial charge in [-0.1, -0.05) is 0 Å². The predicted octanol–water partition coefficient (Wildman–Crippen LogP) is 1.70. The molecule has 14 heavy (non-hydrogen) atoms. The first kappa shape index (κ1) is 12.0. The zero-order chi connectivity index (χ0) is 10.8. The van der Waals surface area contributed by atoms with E-state index < -0.39 is 0 Å². The minimum Gasteiger partial charge on any atom is -0.377 e. The van der Waals surface area contributed by atoms with E-state index in [1.54, 1.807) is 0 Å². The summed E-state index contributed by atoms with van der Waals surface area (Å²) in [6.07, 6.45) is 2.47. The molecule has 1 aliphatic rings. The minimum absolute atomic E-state index is 0.0340. The van der Waals surface area contributed by atoms with E-state index in [0.717, 1.165) is 12.8 Å². The van der Waals surface area contributed by atoms with Crippen molar-refractivity contribution < 1.29 is 9.47 Å². The van der Waals surface area contributed by atoms with Gasteiger partial charge in [-0.2, -0.15) is 0 Å². The van der Waals surface area contributed by atoms with Gasteiger partial charge in [-0.15, -0.1) is 0 Å². The predicted molar refractivity (Wildman–Crippen MR) is 57.3 cm³/mol. The molecule has 1 fully saturated rings. The van der Waals surface area contributed by atoms with Gasteiger partial charge in [0.1, 0.15) is 0 Å². The molecule has 0 aromatic carbocycles. The highest BCUT2D eigenvalue weighted by Crippen LogP contribution is 2.29. The van der Waals surface area contributed by atoms with Crippen LogP contribution in [0.1, 0.15) is 40.5 Å². The molecule has 84 valence electrons. The van der Waals surface area contributed by atoms with Crippen molar-refractivity contribution >= 4 is 0 Å². The second-order valence-corrected chi connectivity index (χ2v) is 5.54. The van der Waals surface area contributed by atoms with Crippen LogP contribution >= 0.6 is 0 Å². The van der Waals surface area contributed by atoms with Gasteiger partial charge < -0.3 is 15.2 Å². The van der Waals surface area contributed by atoms with Crippen molar-refractivity contribution in [1.29, 1.82) is 0 Å². The summed E-state index contributed by atoms with van der Waals surface area (Å²) in [5, 5.41) is 0. The van der Waals surface area contributed by atoms with Gasteiger partial charge in [0, 0.05) is 5.54 Å². The van der Waals surface area contributed by atoms with Crippen molar-refractivity contribution in [2.75, 3.05) is 13.2 Å². The average molecular weight is 201 g/mol. The maximum absolute atomic E-state index is 5.81. The molecule has 2 N–H and O–H groups in total. The summed E-state index contributed by atoms with van der Waals surface area (Å²) in [5.74, 6) is 0. The van der Waals surface area contributed by atoms with Crippen molar-refractivity contribution in [1.82, 2.24) is 0 Å². The molecule has 1 rings (SSSR count). The average Bonchev–Trinajstić information content (AvgIpc) is 2.27. The highest BCUT2D eigenvalue weighted by molar-refractivity contribution is 4.81. The summed E-state index contributed by atoms with van der Waals surface area (Å²) >= 11 is 0. The molecule has 0 aliphatic carbocycles. The first-order chi connectivity index (χ1) is 6.29. The fourth-order valence-corrected chi connectivity index (χ4v) is 1.65. The molecule has 1 aliphatic heterocycles. The van der Waals surface area contributed by atoms with E-state index >= 15 is 0 Å². The third-order valence-corrected chi connectivity index (χ3v) is 2.33. The van der Waals surface area contributed by atoms with Crippen LogP contribution in [0.25, 0.3) is 0 Å². The van der Waals surface area contributed by atoms with E-state index in [-0.39, 0.29) is 17.2 Å². The van der Waals surface area contributed by atoms with E-state index in [2.05, 4.69) is 13.8 Å². The Hall–Kier alpha value is -0.120. The molecular weight excluding hydrogens is 178 g/mol. The number of rotatable bonds is 4. The zero-order valence-corrected chi connectivity index (χ0v) is 9.80. The molecule has 1 atom stereocenters. The lowest BCUT2D eigenvalue weighted by molar-refractivity contribution is -0.0578. The standard InChI is InChI=1S/C11H23NO2/c1-10(2,12)8-13-7-9-5-6-11(3,4)14-9/h9H,5-8,12H2,1-4H3. The van der Waals surface area contributed by atoms with Gasteiger partial charge in [-0.05, 0) is 40.5 Å². The molecule has 0 aromatic rings. The highest BCUT2D eigenvalue weighted by atomic mass is 16.5. The number of hydrogen-bond acceptors (Lipinski definition) is 3. The largest absolute Gasteiger partial charge is 0.377 e. The molecule has 1 saturated heterocycles. The molecule has 0 saturated carbocycles. The van der Waals surface area contributed by atoms with E-state index in [4.69, 9.17) is 15.2 Å². The smallest absolute Gasteiger partial charge is 0.0816 e. The van der Waals surface area contributed by atoms with Crippen LogP contribution in [0.4, 0.5) is 0 Å². The Balaban J connectivity index is 2.15. The normalized spacial score (nSPS) is 26.8. The maximum atomic E-state index is 5.81. The fourth-order valence-electron chi connectivity index (χ4n) is 1.65. The van der Waals surface area contributed by atoms with Crippen molar-refractivity contribution in [3.05, 3.63) is 0 Å². The molecular formula is C11H23NO2. The van der Waals surface area contributed by atoms with Crippen molar-refractivity contribution in [2.24, 2.45) is 5.73 Å². The van der Waals surface area contributed by atoms with Crippen LogP contribution < -0.4 is 5.73 Å². The molecule has 3 heteroatoms. The van der Waals surface area contributed by atoms with E-state index in [1.165, 1.54) is 0 Å². The second-order valence-electron chi connectivity index (χ2n) is 5.54. The van der Waals surface area contributed by atoms with Gasteiger partial charge in [-0.3, -0.25) is 0 Å². The van der Waals surface area contributed by atoms with Gasteiger partial charge in [0.05, 0.1) is 24.9 Å². The quantitative estimate of drug-likeness (QED) is 0.753. The summed E-state index contributed by atoms with van der Waals surface area (Å²) in [5.41, 5.74) is 5.60. The first-order valence-corrected chi connectivity index (χ1v) is 5.33. The summed E-state index contributed by atoms with van der Waals surface area (Å²) in [4.78, 5) is 0. The minimum atomic E-state index is -0.242. The lowest BCUT2D eigenvalue weighted by Gasteiger charge is -2.22. The molecule has 1 unspecified atom stereocenters. The van der Waals surface area contributed by atoms with Crippen LogP contribution in [0.2, 0.25) is 0 Å².